The molecule has 0 unspecified atom stereocenters. The molecule has 11 atom stereocenters. The lowest BCUT2D eigenvalue weighted by molar-refractivity contribution is -0.211. The van der Waals surface area contributed by atoms with Gasteiger partial charge in [-0.1, -0.05) is 143 Å². The van der Waals surface area contributed by atoms with Crippen molar-refractivity contribution < 1.29 is 52.5 Å². The number of Topliss-reactive ketones (excluding diaryl/α,β-unsaturated/α-hetero) is 1. The van der Waals surface area contributed by atoms with Crippen LogP contribution in [-0.4, -0.2) is 86.1 Å². The van der Waals surface area contributed by atoms with Crippen LogP contribution in [0.3, 0.4) is 0 Å². The molecule has 1 N–H and O–H groups in total. The topological polar surface area (TPSA) is 152 Å². The lowest BCUT2D eigenvalue weighted by atomic mass is 9.44. The molecule has 3 fully saturated rings. The second kappa shape index (κ2) is 22.0. The van der Waals surface area contributed by atoms with Crippen molar-refractivity contribution in [1.82, 2.24) is 0 Å². The molecule has 0 bridgehead atoms. The maximum Gasteiger partial charge on any atom is 0.338 e. The average Bonchev–Trinajstić information content (AvgIpc) is 3.63. The lowest BCUT2D eigenvalue weighted by Crippen LogP contribution is -2.67. The maximum absolute atomic E-state index is 15.4. The molecule has 11 nitrogen and oxygen atoms in total. The normalized spacial score (nSPS) is 28.7. The Kier molecular flexibility index (Phi) is 16.2. The molecule has 394 valence electrons. The molecule has 3 saturated carbocycles. The van der Waals surface area contributed by atoms with Crippen LogP contribution in [0.4, 0.5) is 0 Å². The largest absolute Gasteiger partial charge is 0.463 e. The molecule has 0 saturated heterocycles. The summed E-state index contributed by atoms with van der Waals surface area (Å²) < 4.78 is 32.9. The fourth-order valence-corrected chi connectivity index (χ4v) is 18.5. The number of ether oxygens (including phenoxy) is 4. The van der Waals surface area contributed by atoms with Crippen LogP contribution in [0.2, 0.25) is 5.04 Å². The van der Waals surface area contributed by atoms with E-state index in [0.717, 1.165) is 54.3 Å². The second-order valence-electron chi connectivity index (χ2n) is 23.2. The molecular weight excluding hydrogens is 949 g/mol. The Morgan fingerprint density at radius 1 is 0.770 bits per heavy atom. The summed E-state index contributed by atoms with van der Waals surface area (Å²) >= 11 is 0. The molecule has 4 aromatic rings. The number of esters is 3. The second-order valence-corrected chi connectivity index (χ2v) is 27.5. The van der Waals surface area contributed by atoms with Gasteiger partial charge < -0.3 is 33.3 Å². The Hall–Kier alpha value is -5.53. The monoisotopic (exact) mass is 1020 g/mol. The molecule has 0 aliphatic heterocycles. The number of aldehydes is 1. The molecule has 0 aromatic heterocycles. The number of hydrogen-bond acceptors (Lipinski definition) is 11. The summed E-state index contributed by atoms with van der Waals surface area (Å²) in [7, 11) is -3.17. The predicted molar refractivity (Wildman–Crippen MR) is 286 cm³/mol. The van der Waals surface area contributed by atoms with Gasteiger partial charge in [-0.2, -0.15) is 0 Å². The molecule has 4 aliphatic carbocycles. The molecule has 8 rings (SSSR count). The summed E-state index contributed by atoms with van der Waals surface area (Å²) in [4.78, 5) is 67.8. The zero-order valence-electron chi connectivity index (χ0n) is 44.6. The smallest absolute Gasteiger partial charge is 0.338 e. The van der Waals surface area contributed by atoms with Gasteiger partial charge in [-0.25, -0.2) is 9.59 Å². The van der Waals surface area contributed by atoms with Crippen molar-refractivity contribution in [3.63, 3.8) is 0 Å². The number of carbonyl (C=O) groups is 5. The summed E-state index contributed by atoms with van der Waals surface area (Å²) in [5.41, 5.74) is -3.18. The van der Waals surface area contributed by atoms with Gasteiger partial charge in [-0.05, 0) is 122 Å². The minimum atomic E-state index is -3.17. The van der Waals surface area contributed by atoms with Gasteiger partial charge in [0.25, 0.3) is 8.32 Å². The lowest BCUT2D eigenvalue weighted by Gasteiger charge is -2.62. The zero-order valence-corrected chi connectivity index (χ0v) is 45.6. The van der Waals surface area contributed by atoms with Crippen molar-refractivity contribution in [3.05, 3.63) is 144 Å². The summed E-state index contributed by atoms with van der Waals surface area (Å²) in [6.07, 6.45) is 5.06. The summed E-state index contributed by atoms with van der Waals surface area (Å²) in [5.74, 6) is -2.52. The highest BCUT2D eigenvalue weighted by Crippen LogP contribution is 2.68. The number of rotatable bonds is 19. The molecule has 12 heteroatoms. The Balaban J connectivity index is 1.15. The van der Waals surface area contributed by atoms with Crippen LogP contribution in [0.15, 0.2) is 133 Å². The van der Waals surface area contributed by atoms with Crippen molar-refractivity contribution in [3.8, 4) is 0 Å². The van der Waals surface area contributed by atoms with Crippen LogP contribution < -0.4 is 10.4 Å². The Morgan fingerprint density at radius 3 is 1.89 bits per heavy atom. The van der Waals surface area contributed by atoms with E-state index in [-0.39, 0.29) is 73.5 Å². The first-order chi connectivity index (χ1) is 35.2. The molecule has 0 heterocycles. The van der Waals surface area contributed by atoms with Gasteiger partial charge >= 0.3 is 17.9 Å². The average molecular weight is 1030 g/mol. The molecule has 0 radical (unpaired) electrons. The van der Waals surface area contributed by atoms with E-state index in [4.69, 9.17) is 23.4 Å². The third-order valence-electron chi connectivity index (χ3n) is 17.9. The van der Waals surface area contributed by atoms with Crippen LogP contribution in [0.25, 0.3) is 0 Å². The zero-order chi connectivity index (χ0) is 53.1. The molecular formula is C62H76O11Si. The Bertz CT molecular complexity index is 2610. The van der Waals surface area contributed by atoms with Crippen molar-refractivity contribution in [2.45, 2.75) is 148 Å². The van der Waals surface area contributed by atoms with Gasteiger partial charge in [-0.15, -0.1) is 0 Å². The van der Waals surface area contributed by atoms with Gasteiger partial charge in [0.2, 0.25) is 0 Å². The van der Waals surface area contributed by atoms with Gasteiger partial charge in [0.15, 0.2) is 0 Å². The van der Waals surface area contributed by atoms with Crippen LogP contribution in [0.1, 0.15) is 134 Å². The van der Waals surface area contributed by atoms with Gasteiger partial charge in [0.1, 0.15) is 41.6 Å². The van der Waals surface area contributed by atoms with Crippen molar-refractivity contribution in [1.29, 1.82) is 0 Å². The quantitative estimate of drug-likeness (QED) is 0.0239. The summed E-state index contributed by atoms with van der Waals surface area (Å²) in [6.45, 7) is 15.8. The van der Waals surface area contributed by atoms with Crippen LogP contribution >= 0.6 is 0 Å². The first-order valence-electron chi connectivity index (χ1n) is 26.7. The fraction of sp³-hybridized carbons (Fsp3) is 0.500. The van der Waals surface area contributed by atoms with Crippen molar-refractivity contribution in [2.75, 3.05) is 13.2 Å². The van der Waals surface area contributed by atoms with Gasteiger partial charge in [-0.3, -0.25) is 9.59 Å². The van der Waals surface area contributed by atoms with Crippen molar-refractivity contribution >= 4 is 48.7 Å². The van der Waals surface area contributed by atoms with E-state index >= 15 is 4.79 Å². The number of ketones is 1. The standard InChI is InChI=1S/C62H76O11Si/c1-42(53(65)33-34-59(6,73-57(67)45-24-15-10-16-25-45)41-70-74(58(3,4)5,48-26-17-11-18-27-48)49-28-19-12-20-29-49)62(68)55(69-37-21-36-63)40-52-50-31-30-46-38-47(71-43(2)64)32-35-60(46,7)51(50)39-54(61(52,62)8)72-56(66)44-22-13-9-14-23-44/h9-20,22-29,36,40,42,46-47,50-51,54-55,68H,21,30-35,37-39,41H2,1-8H3/t42-,46+,47+,50-,51+,54-,55+,59+,60+,61-,62-/m1/s1. The maximum atomic E-state index is 15.4. The summed E-state index contributed by atoms with van der Waals surface area (Å²) in [6, 6.07) is 38.0. The van der Waals surface area contributed by atoms with Crippen LogP contribution in [-0.2, 0) is 37.8 Å². The highest BCUT2D eigenvalue weighted by atomic mass is 28.4. The molecule has 4 aromatic carbocycles. The Morgan fingerprint density at radius 2 is 1.34 bits per heavy atom. The van der Waals surface area contributed by atoms with Gasteiger partial charge in [0, 0.05) is 25.7 Å². The van der Waals surface area contributed by atoms with Crippen LogP contribution in [0, 0.1) is 34.5 Å². The molecule has 0 spiro atoms. The third kappa shape index (κ3) is 10.3. The van der Waals surface area contributed by atoms with Crippen LogP contribution in [0.5, 0.6) is 0 Å². The number of carbonyl (C=O) groups excluding carboxylic acids is 5. The fourth-order valence-electron chi connectivity index (χ4n) is 13.8. The minimum Gasteiger partial charge on any atom is -0.463 e. The predicted octanol–water partition coefficient (Wildman–Crippen LogP) is 10.2. The van der Waals surface area contributed by atoms with E-state index in [2.05, 4.69) is 52.0 Å². The highest BCUT2D eigenvalue weighted by Gasteiger charge is 2.71. The van der Waals surface area contributed by atoms with E-state index in [9.17, 15) is 24.3 Å². The van der Waals surface area contributed by atoms with Crippen molar-refractivity contribution in [2.24, 2.45) is 34.5 Å². The number of fused-ring (bicyclic) bond motifs is 5. The number of aliphatic hydroxyl groups is 1. The van der Waals surface area contributed by atoms with E-state index in [1.165, 1.54) is 6.92 Å². The van der Waals surface area contributed by atoms with Gasteiger partial charge in [0.05, 0.1) is 29.8 Å². The summed E-state index contributed by atoms with van der Waals surface area (Å²) in [5, 5.41) is 15.7. The van der Waals surface area contributed by atoms with E-state index in [1.807, 2.05) is 68.5 Å². The van der Waals surface area contributed by atoms with E-state index in [1.54, 1.807) is 55.5 Å². The Labute approximate surface area is 438 Å². The first-order valence-corrected chi connectivity index (χ1v) is 28.6. The third-order valence-corrected chi connectivity index (χ3v) is 22.9. The highest BCUT2D eigenvalue weighted by molar-refractivity contribution is 6.99. The van der Waals surface area contributed by atoms with E-state index in [0.29, 0.717) is 17.5 Å². The molecule has 4 aliphatic rings. The molecule has 0 amide bonds. The SMILES string of the molecule is CC(=O)O[C@H]1CC[C@@]2(C)[C@@H](CC[C@H]3C4=C[C@H](OCCC=O)[C@](O)([C@H](C)C(=O)CC[C@@](C)(CO[Si](c5ccccc5)(c5ccccc5)C(C)(C)C)OC(=O)c5ccccc5)[C@@]4(C)[C@H](OC(=O)c4ccccc4)C[C@@H]32)C1. The number of hydrogen-bond donors (Lipinski definition) is 1. The number of benzene rings is 4. The van der Waals surface area contributed by atoms with E-state index < -0.39 is 60.0 Å². The molecule has 74 heavy (non-hydrogen) atoms. The first kappa shape index (κ1) is 54.7. The minimum absolute atomic E-state index is 0.00420.